The maximum absolute atomic E-state index is 11.0. The molecule has 92 valence electrons. The maximum Gasteiger partial charge on any atom is 0.295 e. The van der Waals surface area contributed by atoms with Crippen LogP contribution in [0.25, 0.3) is 10.8 Å². The van der Waals surface area contributed by atoms with Gasteiger partial charge >= 0.3 is 0 Å². The van der Waals surface area contributed by atoms with E-state index in [2.05, 4.69) is 0 Å². The molecule has 2 aromatic rings. The topological polar surface area (TPSA) is 74.6 Å². The molecule has 0 unspecified atom stereocenters. The average Bonchev–Trinajstić information content (AvgIpc) is 2.28. The van der Waals surface area contributed by atoms with Crippen molar-refractivity contribution in [1.82, 2.24) is 0 Å². The van der Waals surface area contributed by atoms with Gasteiger partial charge in [-0.2, -0.15) is 8.42 Å². The van der Waals surface area contributed by atoms with Gasteiger partial charge in [-0.15, -0.1) is 0 Å². The van der Waals surface area contributed by atoms with E-state index in [-0.39, 0.29) is 11.5 Å². The van der Waals surface area contributed by atoms with Crippen LogP contribution in [0.15, 0.2) is 47.4 Å². The predicted octanol–water partition coefficient (Wildman–Crippen LogP) is 2.09. The summed E-state index contributed by atoms with van der Waals surface area (Å²) >= 11 is 0. The molecular formula is C12H14O4S. The third kappa shape index (κ3) is 3.52. The fourth-order valence-corrected chi connectivity index (χ4v) is 2.13. The van der Waals surface area contributed by atoms with Crippen LogP contribution in [0.4, 0.5) is 0 Å². The Hall–Kier alpha value is -1.43. The quantitative estimate of drug-likeness (QED) is 0.764. The summed E-state index contributed by atoms with van der Waals surface area (Å²) in [6, 6.07) is 11.8. The summed E-state index contributed by atoms with van der Waals surface area (Å²) in [4.78, 5) is -0.0457. The molecule has 0 aromatic heterocycles. The van der Waals surface area contributed by atoms with Gasteiger partial charge < -0.3 is 5.11 Å². The minimum absolute atomic E-state index is 0.0457. The second-order valence-electron chi connectivity index (χ2n) is 3.27. The molecule has 17 heavy (non-hydrogen) atoms. The highest BCUT2D eigenvalue weighted by Crippen LogP contribution is 2.21. The molecule has 0 radical (unpaired) electrons. The molecule has 2 aromatic carbocycles. The molecular weight excluding hydrogens is 240 g/mol. The fraction of sp³-hybridized carbons (Fsp3) is 0.167. The first kappa shape index (κ1) is 13.6. The molecule has 5 heteroatoms. The van der Waals surface area contributed by atoms with E-state index < -0.39 is 10.1 Å². The van der Waals surface area contributed by atoms with Crippen LogP contribution in [-0.2, 0) is 10.1 Å². The van der Waals surface area contributed by atoms with Gasteiger partial charge in [0.15, 0.2) is 0 Å². The summed E-state index contributed by atoms with van der Waals surface area (Å²) in [7, 11) is -4.13. The zero-order valence-electron chi connectivity index (χ0n) is 9.37. The third-order valence-electron chi connectivity index (χ3n) is 2.03. The lowest BCUT2D eigenvalue weighted by Crippen LogP contribution is -1.98. The summed E-state index contributed by atoms with van der Waals surface area (Å²) in [6.45, 7) is 1.93. The standard InChI is InChI=1S/C10H8O3S.C2H6O/c11-14(12,13)10-7-3-5-8-4-1-2-6-9(8)10;1-2-3/h1-7H,(H,11,12,13);3H,2H2,1H3. The largest absolute Gasteiger partial charge is 0.397 e. The van der Waals surface area contributed by atoms with Crippen molar-refractivity contribution in [1.29, 1.82) is 0 Å². The molecule has 0 heterocycles. The Morgan fingerprint density at radius 1 is 1.06 bits per heavy atom. The fourth-order valence-electron chi connectivity index (χ4n) is 1.42. The van der Waals surface area contributed by atoms with Crippen molar-refractivity contribution in [2.24, 2.45) is 0 Å². The number of benzene rings is 2. The predicted molar refractivity (Wildman–Crippen MR) is 66.5 cm³/mol. The lowest BCUT2D eigenvalue weighted by atomic mass is 10.1. The number of fused-ring (bicyclic) bond motifs is 1. The Bertz CT molecular complexity index is 585. The van der Waals surface area contributed by atoms with E-state index in [1.54, 1.807) is 37.3 Å². The lowest BCUT2D eigenvalue weighted by Gasteiger charge is -2.02. The van der Waals surface area contributed by atoms with E-state index in [0.29, 0.717) is 5.39 Å². The molecule has 0 saturated heterocycles. The molecule has 0 saturated carbocycles. The van der Waals surface area contributed by atoms with E-state index in [4.69, 9.17) is 9.66 Å². The van der Waals surface area contributed by atoms with Gasteiger partial charge in [0.1, 0.15) is 4.90 Å². The molecule has 0 aliphatic carbocycles. The zero-order valence-corrected chi connectivity index (χ0v) is 10.2. The second kappa shape index (κ2) is 5.77. The van der Waals surface area contributed by atoms with Crippen molar-refractivity contribution in [3.8, 4) is 0 Å². The van der Waals surface area contributed by atoms with Crippen LogP contribution in [0, 0.1) is 0 Å². The highest BCUT2D eigenvalue weighted by molar-refractivity contribution is 7.86. The first-order chi connectivity index (χ1) is 8.00. The summed E-state index contributed by atoms with van der Waals surface area (Å²) < 4.78 is 31.0. The van der Waals surface area contributed by atoms with Crippen LogP contribution in [0.3, 0.4) is 0 Å². The van der Waals surface area contributed by atoms with E-state index in [0.717, 1.165) is 5.39 Å². The molecule has 2 N–H and O–H groups in total. The van der Waals surface area contributed by atoms with Crippen LogP contribution in [0.2, 0.25) is 0 Å². The molecule has 0 aliphatic heterocycles. The van der Waals surface area contributed by atoms with Gasteiger partial charge in [0.25, 0.3) is 10.1 Å². The number of rotatable bonds is 1. The van der Waals surface area contributed by atoms with E-state index in [1.165, 1.54) is 6.07 Å². The maximum atomic E-state index is 11.0. The average molecular weight is 254 g/mol. The van der Waals surface area contributed by atoms with E-state index >= 15 is 0 Å². The van der Waals surface area contributed by atoms with Gasteiger partial charge in [0.2, 0.25) is 0 Å². The number of aliphatic hydroxyl groups excluding tert-OH is 1. The normalized spacial score (nSPS) is 10.8. The Kier molecular flexibility index (Phi) is 4.62. The van der Waals surface area contributed by atoms with Gasteiger partial charge in [0.05, 0.1) is 0 Å². The molecule has 4 nitrogen and oxygen atoms in total. The van der Waals surface area contributed by atoms with Gasteiger partial charge in [-0.05, 0) is 18.4 Å². The summed E-state index contributed by atoms with van der Waals surface area (Å²) in [5.74, 6) is 0. The highest BCUT2D eigenvalue weighted by Gasteiger charge is 2.12. The van der Waals surface area contributed by atoms with Gasteiger partial charge in [-0.3, -0.25) is 4.55 Å². The number of hydrogen-bond acceptors (Lipinski definition) is 3. The van der Waals surface area contributed by atoms with Crippen LogP contribution >= 0.6 is 0 Å². The SMILES string of the molecule is CCO.O=S(=O)(O)c1cccc2ccccc12. The minimum atomic E-state index is -4.13. The van der Waals surface area contributed by atoms with Crippen molar-refractivity contribution in [3.63, 3.8) is 0 Å². The van der Waals surface area contributed by atoms with Crippen molar-refractivity contribution < 1.29 is 18.1 Å². The van der Waals surface area contributed by atoms with E-state index in [9.17, 15) is 8.42 Å². The van der Waals surface area contributed by atoms with Gasteiger partial charge in [-0.1, -0.05) is 36.4 Å². The summed E-state index contributed by atoms with van der Waals surface area (Å²) in [5, 5.41) is 8.90. The number of aliphatic hydroxyl groups is 1. The molecule has 2 rings (SSSR count). The molecule has 0 fully saturated rings. The third-order valence-corrected chi connectivity index (χ3v) is 2.94. The Morgan fingerprint density at radius 2 is 1.59 bits per heavy atom. The number of hydrogen-bond donors (Lipinski definition) is 2. The molecule has 0 atom stereocenters. The molecule has 0 spiro atoms. The Balaban J connectivity index is 0.000000437. The van der Waals surface area contributed by atoms with Crippen molar-refractivity contribution in [2.75, 3.05) is 6.61 Å². The minimum Gasteiger partial charge on any atom is -0.397 e. The van der Waals surface area contributed by atoms with Crippen LogP contribution in [0.5, 0.6) is 0 Å². The highest BCUT2D eigenvalue weighted by atomic mass is 32.2. The monoisotopic (exact) mass is 254 g/mol. The van der Waals surface area contributed by atoms with E-state index in [1.807, 2.05) is 6.07 Å². The molecule has 0 aliphatic rings. The van der Waals surface area contributed by atoms with Crippen molar-refractivity contribution in [3.05, 3.63) is 42.5 Å². The van der Waals surface area contributed by atoms with Crippen LogP contribution in [0.1, 0.15) is 6.92 Å². The Labute approximate surface area is 100 Å². The Morgan fingerprint density at radius 3 is 2.18 bits per heavy atom. The van der Waals surface area contributed by atoms with Gasteiger partial charge in [0, 0.05) is 12.0 Å². The molecule has 0 bridgehead atoms. The first-order valence-corrected chi connectivity index (χ1v) is 6.50. The van der Waals surface area contributed by atoms with Crippen molar-refractivity contribution in [2.45, 2.75) is 11.8 Å². The van der Waals surface area contributed by atoms with Crippen LogP contribution in [-0.4, -0.2) is 24.7 Å². The van der Waals surface area contributed by atoms with Gasteiger partial charge in [-0.25, -0.2) is 0 Å². The summed E-state index contributed by atoms with van der Waals surface area (Å²) in [6.07, 6.45) is 0. The zero-order chi connectivity index (χ0) is 12.9. The lowest BCUT2D eigenvalue weighted by molar-refractivity contribution is 0.318. The van der Waals surface area contributed by atoms with Crippen LogP contribution < -0.4 is 0 Å². The summed E-state index contributed by atoms with van der Waals surface area (Å²) in [5.41, 5.74) is 0. The van der Waals surface area contributed by atoms with Crippen molar-refractivity contribution >= 4 is 20.9 Å². The smallest absolute Gasteiger partial charge is 0.295 e. The molecule has 0 amide bonds. The first-order valence-electron chi connectivity index (χ1n) is 5.06. The second-order valence-corrected chi connectivity index (χ2v) is 4.66.